The van der Waals surface area contributed by atoms with Gasteiger partial charge in [0.15, 0.2) is 0 Å². The third-order valence-corrected chi connectivity index (χ3v) is 4.17. The summed E-state index contributed by atoms with van der Waals surface area (Å²) >= 11 is 6.23. The molecule has 0 aliphatic carbocycles. The molecular formula is C15H19ClN2O2. The van der Waals surface area contributed by atoms with Gasteiger partial charge in [-0.3, -0.25) is 9.59 Å². The first-order valence-electron chi connectivity index (χ1n) is 6.70. The van der Waals surface area contributed by atoms with Crippen LogP contribution >= 0.6 is 11.6 Å². The minimum absolute atomic E-state index is 0.00164. The van der Waals surface area contributed by atoms with Crippen LogP contribution in [-0.2, 0) is 9.59 Å². The molecule has 0 bridgehead atoms. The zero-order chi connectivity index (χ0) is 14.9. The molecule has 5 heteroatoms. The molecule has 1 atom stereocenters. The highest BCUT2D eigenvalue weighted by molar-refractivity contribution is 6.34. The van der Waals surface area contributed by atoms with E-state index in [2.05, 4.69) is 0 Å². The Bertz CT molecular complexity index is 545. The molecule has 0 N–H and O–H groups in total. The van der Waals surface area contributed by atoms with E-state index < -0.39 is 0 Å². The van der Waals surface area contributed by atoms with Gasteiger partial charge in [-0.1, -0.05) is 23.7 Å². The first-order valence-corrected chi connectivity index (χ1v) is 7.07. The number of hydrogen-bond acceptors (Lipinski definition) is 2. The predicted molar refractivity (Wildman–Crippen MR) is 80.1 cm³/mol. The van der Waals surface area contributed by atoms with Crippen LogP contribution in [0, 0.1) is 0 Å². The van der Waals surface area contributed by atoms with Crippen molar-refractivity contribution in [2.75, 3.05) is 25.0 Å². The fourth-order valence-electron chi connectivity index (χ4n) is 2.60. The van der Waals surface area contributed by atoms with Gasteiger partial charge in [-0.15, -0.1) is 0 Å². The molecule has 0 fully saturated rings. The van der Waals surface area contributed by atoms with Crippen LogP contribution in [0.1, 0.15) is 31.7 Å². The molecule has 4 nitrogen and oxygen atoms in total. The number of para-hydroxylation sites is 1. The molecule has 2 amide bonds. The van der Waals surface area contributed by atoms with Gasteiger partial charge < -0.3 is 9.80 Å². The maximum Gasteiger partial charge on any atom is 0.223 e. The summed E-state index contributed by atoms with van der Waals surface area (Å²) in [7, 11) is 1.79. The van der Waals surface area contributed by atoms with Gasteiger partial charge in [0.2, 0.25) is 11.8 Å². The fourth-order valence-corrected chi connectivity index (χ4v) is 2.88. The summed E-state index contributed by atoms with van der Waals surface area (Å²) in [6.07, 6.45) is 0.827. The normalized spacial score (nSPS) is 17.0. The number of hydrogen-bond donors (Lipinski definition) is 0. The van der Waals surface area contributed by atoms with Gasteiger partial charge in [-0.2, -0.15) is 0 Å². The molecule has 20 heavy (non-hydrogen) atoms. The van der Waals surface area contributed by atoms with E-state index in [1.807, 2.05) is 12.1 Å². The third-order valence-electron chi connectivity index (χ3n) is 3.86. The van der Waals surface area contributed by atoms with Crippen LogP contribution in [-0.4, -0.2) is 36.9 Å². The van der Waals surface area contributed by atoms with Crippen molar-refractivity contribution in [1.82, 2.24) is 4.90 Å². The number of halogens is 1. The molecule has 108 valence electrons. The highest BCUT2D eigenvalue weighted by Gasteiger charge is 2.32. The molecule has 2 rings (SSSR count). The van der Waals surface area contributed by atoms with Gasteiger partial charge in [-0.05, 0) is 18.1 Å². The van der Waals surface area contributed by atoms with Crippen molar-refractivity contribution in [2.45, 2.75) is 26.2 Å². The lowest BCUT2D eigenvalue weighted by Gasteiger charge is -2.18. The van der Waals surface area contributed by atoms with Gasteiger partial charge >= 0.3 is 0 Å². The van der Waals surface area contributed by atoms with Crippen LogP contribution in [0.25, 0.3) is 0 Å². The molecule has 1 aromatic rings. The molecule has 0 aromatic heterocycles. The molecule has 1 heterocycles. The Hall–Kier alpha value is -1.55. The van der Waals surface area contributed by atoms with Crippen molar-refractivity contribution in [3.05, 3.63) is 28.8 Å². The minimum atomic E-state index is 0.00164. The first kappa shape index (κ1) is 14.9. The van der Waals surface area contributed by atoms with Gasteiger partial charge in [0.05, 0.1) is 10.7 Å². The van der Waals surface area contributed by atoms with Crippen LogP contribution in [0.5, 0.6) is 0 Å². The second kappa shape index (κ2) is 5.83. The Morgan fingerprint density at radius 3 is 2.70 bits per heavy atom. The standard InChI is InChI=1S/C15H19ClN2O2/c1-10(19)17(3)8-7-12-9-18(11(2)20)15-13(12)5-4-6-14(15)16/h4-6,12H,7-9H2,1-3H3. The maximum atomic E-state index is 11.8. The quantitative estimate of drug-likeness (QED) is 0.860. The van der Waals surface area contributed by atoms with Crippen LogP contribution in [0.2, 0.25) is 5.02 Å². The molecule has 0 radical (unpaired) electrons. The number of rotatable bonds is 3. The summed E-state index contributed by atoms with van der Waals surface area (Å²) in [6, 6.07) is 5.73. The summed E-state index contributed by atoms with van der Waals surface area (Å²) in [5.74, 6) is 0.286. The van der Waals surface area contributed by atoms with Crippen molar-refractivity contribution >= 4 is 29.1 Å². The van der Waals surface area contributed by atoms with E-state index in [1.54, 1.807) is 36.8 Å². The van der Waals surface area contributed by atoms with E-state index in [0.29, 0.717) is 18.1 Å². The Morgan fingerprint density at radius 1 is 1.40 bits per heavy atom. The number of carbonyl (C=O) groups excluding carboxylic acids is 2. The maximum absolute atomic E-state index is 11.8. The first-order chi connectivity index (χ1) is 9.41. The molecule has 1 aromatic carbocycles. The summed E-state index contributed by atoms with van der Waals surface area (Å²) in [4.78, 5) is 26.4. The number of nitrogens with zero attached hydrogens (tertiary/aromatic N) is 2. The van der Waals surface area contributed by atoms with Gasteiger partial charge in [0, 0.05) is 39.9 Å². The van der Waals surface area contributed by atoms with E-state index in [9.17, 15) is 9.59 Å². The smallest absolute Gasteiger partial charge is 0.223 e. The number of anilines is 1. The topological polar surface area (TPSA) is 40.6 Å². The molecule has 1 unspecified atom stereocenters. The van der Waals surface area contributed by atoms with Gasteiger partial charge in [0.1, 0.15) is 0 Å². The lowest BCUT2D eigenvalue weighted by atomic mass is 9.98. The number of carbonyl (C=O) groups is 2. The lowest BCUT2D eigenvalue weighted by molar-refractivity contribution is -0.127. The number of amides is 2. The van der Waals surface area contributed by atoms with Gasteiger partial charge in [0.25, 0.3) is 0 Å². The molecular weight excluding hydrogens is 276 g/mol. The molecule has 0 saturated carbocycles. The third kappa shape index (κ3) is 2.80. The van der Waals surface area contributed by atoms with E-state index in [0.717, 1.165) is 17.7 Å². The lowest BCUT2D eigenvalue weighted by Crippen LogP contribution is -2.29. The Morgan fingerprint density at radius 2 is 2.10 bits per heavy atom. The van der Waals surface area contributed by atoms with E-state index >= 15 is 0 Å². The van der Waals surface area contributed by atoms with E-state index in [-0.39, 0.29) is 17.7 Å². The van der Waals surface area contributed by atoms with E-state index in [4.69, 9.17) is 11.6 Å². The predicted octanol–water partition coefficient (Wildman–Crippen LogP) is 2.66. The SMILES string of the molecule is CC(=O)N(C)CCC1CN(C(C)=O)c2c(Cl)cccc21. The second-order valence-corrected chi connectivity index (χ2v) is 5.64. The monoisotopic (exact) mass is 294 g/mol. The average molecular weight is 295 g/mol. The highest BCUT2D eigenvalue weighted by Crippen LogP contribution is 2.42. The van der Waals surface area contributed by atoms with Crippen molar-refractivity contribution in [3.63, 3.8) is 0 Å². The Kier molecular flexibility index (Phi) is 4.33. The summed E-state index contributed by atoms with van der Waals surface area (Å²) in [5.41, 5.74) is 1.93. The fraction of sp³-hybridized carbons (Fsp3) is 0.467. The van der Waals surface area contributed by atoms with Crippen LogP contribution < -0.4 is 4.90 Å². The zero-order valence-electron chi connectivity index (χ0n) is 12.0. The molecule has 0 spiro atoms. The number of fused-ring (bicyclic) bond motifs is 1. The van der Waals surface area contributed by atoms with Crippen molar-refractivity contribution < 1.29 is 9.59 Å². The summed E-state index contributed by atoms with van der Waals surface area (Å²) in [6.45, 7) is 4.43. The zero-order valence-corrected chi connectivity index (χ0v) is 12.8. The Labute approximate surface area is 124 Å². The molecule has 1 aliphatic rings. The van der Waals surface area contributed by atoms with Crippen LogP contribution in [0.15, 0.2) is 18.2 Å². The van der Waals surface area contributed by atoms with Crippen molar-refractivity contribution in [2.24, 2.45) is 0 Å². The Balaban J connectivity index is 2.20. The van der Waals surface area contributed by atoms with E-state index in [1.165, 1.54) is 0 Å². The molecule has 0 saturated heterocycles. The summed E-state index contributed by atoms with van der Waals surface area (Å²) in [5, 5.41) is 0.611. The second-order valence-electron chi connectivity index (χ2n) is 5.23. The van der Waals surface area contributed by atoms with Crippen LogP contribution in [0.4, 0.5) is 5.69 Å². The average Bonchev–Trinajstić information content (AvgIpc) is 2.76. The minimum Gasteiger partial charge on any atom is -0.346 e. The van der Waals surface area contributed by atoms with Gasteiger partial charge in [-0.25, -0.2) is 0 Å². The van der Waals surface area contributed by atoms with Crippen molar-refractivity contribution in [3.8, 4) is 0 Å². The summed E-state index contributed by atoms with van der Waals surface area (Å²) < 4.78 is 0. The largest absolute Gasteiger partial charge is 0.346 e. The number of benzene rings is 1. The van der Waals surface area contributed by atoms with Crippen LogP contribution in [0.3, 0.4) is 0 Å². The van der Waals surface area contributed by atoms with Crippen molar-refractivity contribution in [1.29, 1.82) is 0 Å². The molecule has 1 aliphatic heterocycles. The highest BCUT2D eigenvalue weighted by atomic mass is 35.5.